The number of hydrogen-bond donors (Lipinski definition) is 2. The van der Waals surface area contributed by atoms with Crippen molar-refractivity contribution in [2.45, 2.75) is 43.9 Å². The maximum atomic E-state index is 13.3. The van der Waals surface area contributed by atoms with Gasteiger partial charge in [-0.3, -0.25) is 14.7 Å². The Kier molecular flexibility index (Phi) is 3.61. The summed E-state index contributed by atoms with van der Waals surface area (Å²) < 4.78 is 5.32. The molecule has 144 valence electrons. The van der Waals surface area contributed by atoms with E-state index in [2.05, 4.69) is 4.90 Å². The smallest absolute Gasteiger partial charge is 0.319 e. The summed E-state index contributed by atoms with van der Waals surface area (Å²) in [6, 6.07) is 7.41. The molecule has 6 rings (SSSR count). The van der Waals surface area contributed by atoms with Gasteiger partial charge in [-0.15, -0.1) is 0 Å². The monoisotopic (exact) mass is 370 g/mol. The number of aliphatic imine (C=N–C) groups is 1. The third-order valence-electron chi connectivity index (χ3n) is 7.34. The van der Waals surface area contributed by atoms with Crippen LogP contribution >= 0.6 is 0 Å². The number of piperidine rings is 2. The number of benzene rings is 1. The van der Waals surface area contributed by atoms with Gasteiger partial charge in [0.2, 0.25) is 0 Å². The van der Waals surface area contributed by atoms with Crippen LogP contribution in [0, 0.1) is 17.3 Å². The molecule has 27 heavy (non-hydrogen) atoms. The van der Waals surface area contributed by atoms with E-state index in [1.54, 1.807) is 6.92 Å². The number of aliphatic hydroxyl groups is 2. The molecule has 4 heterocycles. The van der Waals surface area contributed by atoms with Crippen LogP contribution in [0.2, 0.25) is 0 Å². The van der Waals surface area contributed by atoms with Gasteiger partial charge in [0.05, 0.1) is 24.6 Å². The van der Waals surface area contributed by atoms with Gasteiger partial charge in [-0.2, -0.15) is 0 Å². The molecule has 2 N–H and O–H groups in total. The Labute approximate surface area is 158 Å². The zero-order chi connectivity index (χ0) is 19.0. The quantitative estimate of drug-likeness (QED) is 0.773. The minimum absolute atomic E-state index is 0.0367. The summed E-state index contributed by atoms with van der Waals surface area (Å²) in [6.45, 7) is 3.38. The average molecular weight is 370 g/mol. The van der Waals surface area contributed by atoms with Gasteiger partial charge >= 0.3 is 5.97 Å². The molecule has 4 bridgehead atoms. The number of methoxy groups -OCH3 is 1. The molecule has 0 radical (unpaired) electrons. The minimum atomic E-state index is -1.26. The first-order chi connectivity index (χ1) is 12.9. The highest BCUT2D eigenvalue weighted by Gasteiger charge is 2.69. The number of carbonyl (C=O) groups is 1. The fourth-order valence-electron chi connectivity index (χ4n) is 6.40. The van der Waals surface area contributed by atoms with Gasteiger partial charge in [-0.25, -0.2) is 0 Å². The fourth-order valence-corrected chi connectivity index (χ4v) is 6.40. The van der Waals surface area contributed by atoms with Gasteiger partial charge in [0, 0.05) is 30.6 Å². The van der Waals surface area contributed by atoms with E-state index in [-0.39, 0.29) is 23.8 Å². The number of nitrogens with zero attached hydrogens (tertiary/aromatic N) is 2. The highest BCUT2D eigenvalue weighted by Crippen LogP contribution is 2.59. The van der Waals surface area contributed by atoms with E-state index >= 15 is 0 Å². The van der Waals surface area contributed by atoms with Crippen LogP contribution in [0.15, 0.2) is 29.3 Å². The van der Waals surface area contributed by atoms with E-state index < -0.39 is 17.1 Å². The molecule has 6 heteroatoms. The molecule has 1 aliphatic carbocycles. The molecule has 0 amide bonds. The van der Waals surface area contributed by atoms with Crippen LogP contribution in [0.3, 0.4) is 0 Å². The maximum absolute atomic E-state index is 13.3. The van der Waals surface area contributed by atoms with Crippen molar-refractivity contribution in [1.82, 2.24) is 4.90 Å². The lowest BCUT2D eigenvalue weighted by Crippen LogP contribution is -2.69. The zero-order valence-electron chi connectivity index (χ0n) is 15.8. The van der Waals surface area contributed by atoms with E-state index in [1.165, 1.54) is 7.11 Å². The van der Waals surface area contributed by atoms with Gasteiger partial charge in [0.15, 0.2) is 0 Å². The number of fused-ring (bicyclic) bond motifs is 4. The molecular weight excluding hydrogens is 344 g/mol. The summed E-state index contributed by atoms with van der Waals surface area (Å²) in [4.78, 5) is 20.5. The largest absolute Gasteiger partial charge is 0.468 e. The maximum Gasteiger partial charge on any atom is 0.319 e. The molecule has 0 aromatic heterocycles. The Morgan fingerprint density at radius 1 is 1.41 bits per heavy atom. The van der Waals surface area contributed by atoms with E-state index in [9.17, 15) is 15.0 Å². The normalized spacial score (nSPS) is 42.6. The number of para-hydroxylation sites is 1. The molecule has 1 aromatic carbocycles. The van der Waals surface area contributed by atoms with Gasteiger partial charge in [-0.1, -0.05) is 18.2 Å². The molecule has 5 aliphatic rings. The van der Waals surface area contributed by atoms with Crippen LogP contribution in [0.4, 0.5) is 5.69 Å². The Morgan fingerprint density at radius 2 is 2.19 bits per heavy atom. The molecule has 6 nitrogen and oxygen atoms in total. The van der Waals surface area contributed by atoms with Crippen molar-refractivity contribution in [3.8, 4) is 0 Å². The standard InChI is InChI=1S/C21H26N2O4/c1-12(24)14-9-13-10-20(19(25)27-2)17(14)23(11-13)8-7-21(26)15-5-3-4-6-16(15)22-18(20)21/h3-6,12-14,17,24,26H,7-11H2,1-2H3. The molecule has 7 atom stereocenters. The number of carbonyl (C=O) groups excluding carboxylic acids is 1. The zero-order valence-corrected chi connectivity index (χ0v) is 15.8. The molecular formula is C21H26N2O4. The summed E-state index contributed by atoms with van der Waals surface area (Å²) in [6.07, 6.45) is 1.49. The Hall–Kier alpha value is -1.76. The van der Waals surface area contributed by atoms with Crippen LogP contribution in [-0.4, -0.2) is 59.1 Å². The number of aliphatic hydroxyl groups excluding tert-OH is 1. The third-order valence-corrected chi connectivity index (χ3v) is 7.34. The first kappa shape index (κ1) is 17.3. The summed E-state index contributed by atoms with van der Waals surface area (Å²) >= 11 is 0. The summed E-state index contributed by atoms with van der Waals surface area (Å²) in [5.41, 5.74) is -0.219. The highest BCUT2D eigenvalue weighted by atomic mass is 16.5. The predicted octanol–water partition coefficient (Wildman–Crippen LogP) is 1.61. The minimum Gasteiger partial charge on any atom is -0.468 e. The van der Waals surface area contributed by atoms with Crippen LogP contribution in [0.1, 0.15) is 31.7 Å². The van der Waals surface area contributed by atoms with Gasteiger partial charge < -0.3 is 14.9 Å². The van der Waals surface area contributed by atoms with Crippen molar-refractivity contribution in [2.75, 3.05) is 20.2 Å². The molecule has 7 unspecified atom stereocenters. The summed E-state index contributed by atoms with van der Waals surface area (Å²) in [7, 11) is 1.41. The van der Waals surface area contributed by atoms with Crippen molar-refractivity contribution in [3.05, 3.63) is 29.8 Å². The third kappa shape index (κ3) is 2.06. The average Bonchev–Trinajstić information content (AvgIpc) is 2.95. The van der Waals surface area contributed by atoms with Crippen LogP contribution in [-0.2, 0) is 15.1 Å². The van der Waals surface area contributed by atoms with Crippen LogP contribution in [0.25, 0.3) is 0 Å². The number of hydrogen-bond acceptors (Lipinski definition) is 6. The molecule has 1 aromatic rings. The van der Waals surface area contributed by atoms with Crippen LogP contribution in [0.5, 0.6) is 0 Å². The second kappa shape index (κ2) is 5.63. The lowest BCUT2D eigenvalue weighted by atomic mass is 9.54. The van der Waals surface area contributed by atoms with Gasteiger partial charge in [0.1, 0.15) is 11.0 Å². The summed E-state index contributed by atoms with van der Waals surface area (Å²) in [5.74, 6) is -0.0905. The lowest BCUT2D eigenvalue weighted by molar-refractivity contribution is -0.168. The van der Waals surface area contributed by atoms with E-state index in [4.69, 9.17) is 9.73 Å². The number of esters is 1. The Bertz CT molecular complexity index is 837. The Morgan fingerprint density at radius 3 is 2.93 bits per heavy atom. The van der Waals surface area contributed by atoms with Gasteiger partial charge in [0.25, 0.3) is 0 Å². The predicted molar refractivity (Wildman–Crippen MR) is 99.8 cm³/mol. The molecule has 3 saturated heterocycles. The second-order valence-electron chi connectivity index (χ2n) is 8.70. The first-order valence-electron chi connectivity index (χ1n) is 9.84. The second-order valence-corrected chi connectivity index (χ2v) is 8.70. The lowest BCUT2D eigenvalue weighted by Gasteiger charge is -2.58. The number of ether oxygens (including phenoxy) is 1. The molecule has 4 aliphatic heterocycles. The number of rotatable bonds is 2. The van der Waals surface area contributed by atoms with Crippen molar-refractivity contribution in [3.63, 3.8) is 0 Å². The summed E-state index contributed by atoms with van der Waals surface area (Å²) in [5, 5.41) is 22.3. The Balaban J connectivity index is 1.76. The highest BCUT2D eigenvalue weighted by molar-refractivity contribution is 6.15. The van der Waals surface area contributed by atoms with Gasteiger partial charge in [-0.05, 0) is 38.2 Å². The first-order valence-corrected chi connectivity index (χ1v) is 9.84. The van der Waals surface area contributed by atoms with Crippen LogP contribution < -0.4 is 0 Å². The van der Waals surface area contributed by atoms with E-state index in [0.29, 0.717) is 25.1 Å². The fraction of sp³-hybridized carbons (Fsp3) is 0.619. The molecule has 4 fully saturated rings. The SMILES string of the molecule is COC(=O)C12CC3CC(C(C)O)C1N(CCC1(O)C2=Nc2ccccc21)C3. The molecule has 0 spiro atoms. The van der Waals surface area contributed by atoms with E-state index in [0.717, 1.165) is 24.2 Å². The van der Waals surface area contributed by atoms with Crippen molar-refractivity contribution >= 4 is 17.4 Å². The van der Waals surface area contributed by atoms with Crippen molar-refractivity contribution in [2.24, 2.45) is 22.2 Å². The van der Waals surface area contributed by atoms with Crippen molar-refractivity contribution < 1.29 is 19.7 Å². The van der Waals surface area contributed by atoms with E-state index in [1.807, 2.05) is 24.3 Å². The topological polar surface area (TPSA) is 82.4 Å². The molecule has 1 saturated carbocycles. The van der Waals surface area contributed by atoms with Crippen molar-refractivity contribution in [1.29, 1.82) is 0 Å².